The normalized spacial score (nSPS) is 12.4. The van der Waals surface area contributed by atoms with Crippen LogP contribution >= 0.6 is 0 Å². The molecule has 0 saturated heterocycles. The Morgan fingerprint density at radius 1 is 0.253 bits per heavy atom. The number of allylic oxidation sites excluding steroid dienone is 10. The summed E-state index contributed by atoms with van der Waals surface area (Å²) in [4.78, 5) is 38.4. The minimum Gasteiger partial charge on any atom is -0.462 e. The Bertz CT molecular complexity index is 1410. The summed E-state index contributed by atoms with van der Waals surface area (Å²) in [6, 6.07) is 0. The highest BCUT2D eigenvalue weighted by Crippen LogP contribution is 2.18. The summed E-state index contributed by atoms with van der Waals surface area (Å²) in [7, 11) is 0. The highest BCUT2D eigenvalue weighted by molar-refractivity contribution is 5.71. The van der Waals surface area contributed by atoms with E-state index in [1.54, 1.807) is 0 Å². The van der Waals surface area contributed by atoms with Crippen molar-refractivity contribution in [3.8, 4) is 0 Å². The zero-order valence-corrected chi connectivity index (χ0v) is 52.9. The number of ether oxygens (including phenoxy) is 3. The molecule has 0 rings (SSSR count). The summed E-state index contributed by atoms with van der Waals surface area (Å²) in [6.45, 7) is 6.60. The number of unbranched alkanes of at least 4 members (excludes halogenated alkanes) is 43. The monoisotopic (exact) mass is 1110 g/mol. The van der Waals surface area contributed by atoms with Crippen molar-refractivity contribution in [2.24, 2.45) is 0 Å². The maximum absolute atomic E-state index is 12.9. The van der Waals surface area contributed by atoms with Crippen LogP contribution in [0.2, 0.25) is 0 Å². The van der Waals surface area contributed by atoms with Crippen molar-refractivity contribution in [1.29, 1.82) is 0 Å². The third-order valence-electron chi connectivity index (χ3n) is 15.4. The SMILES string of the molecule is CCC/C=C\C/C=C\CCCCCCCC(=O)OCC(COC(=O)CCCCCCCCCCCCCCCCCCC/C=C\C/C=C\CCCCCCC)OC(=O)CCCCCCCCCCC/C=C\CCCCCCCC. The van der Waals surface area contributed by atoms with Crippen LogP contribution in [0.4, 0.5) is 0 Å². The lowest BCUT2D eigenvalue weighted by atomic mass is 10.0. The molecule has 0 heterocycles. The molecular weight excluding hydrogens is 973 g/mol. The van der Waals surface area contributed by atoms with Crippen molar-refractivity contribution in [3.63, 3.8) is 0 Å². The molecule has 0 aromatic carbocycles. The lowest BCUT2D eigenvalue weighted by molar-refractivity contribution is -0.167. The van der Waals surface area contributed by atoms with Gasteiger partial charge in [0.05, 0.1) is 0 Å². The van der Waals surface area contributed by atoms with Crippen LogP contribution in [0, 0.1) is 0 Å². The van der Waals surface area contributed by atoms with E-state index in [0.29, 0.717) is 19.3 Å². The summed E-state index contributed by atoms with van der Waals surface area (Å²) in [5.41, 5.74) is 0. The van der Waals surface area contributed by atoms with E-state index in [1.807, 2.05) is 0 Å². The first-order valence-electron chi connectivity index (χ1n) is 34.8. The Morgan fingerprint density at radius 3 is 0.759 bits per heavy atom. The van der Waals surface area contributed by atoms with E-state index in [4.69, 9.17) is 14.2 Å². The van der Waals surface area contributed by atoms with Gasteiger partial charge in [0.2, 0.25) is 0 Å². The number of carbonyl (C=O) groups excluding carboxylic acids is 3. The molecule has 0 amide bonds. The molecule has 6 heteroatoms. The van der Waals surface area contributed by atoms with Gasteiger partial charge in [0.25, 0.3) is 0 Å². The number of carbonyl (C=O) groups is 3. The molecule has 0 radical (unpaired) electrons. The molecule has 0 fully saturated rings. The van der Waals surface area contributed by atoms with Gasteiger partial charge in [-0.1, -0.05) is 306 Å². The predicted octanol–water partition coefficient (Wildman–Crippen LogP) is 23.9. The highest BCUT2D eigenvalue weighted by atomic mass is 16.6. The highest BCUT2D eigenvalue weighted by Gasteiger charge is 2.19. The molecule has 0 N–H and O–H groups in total. The van der Waals surface area contributed by atoms with Crippen LogP contribution in [0.15, 0.2) is 60.8 Å². The molecule has 79 heavy (non-hydrogen) atoms. The quantitative estimate of drug-likeness (QED) is 0.0261. The lowest BCUT2D eigenvalue weighted by Crippen LogP contribution is -2.30. The Balaban J connectivity index is 4.21. The molecule has 0 aliphatic carbocycles. The van der Waals surface area contributed by atoms with E-state index in [0.717, 1.165) is 89.9 Å². The molecule has 0 aliphatic rings. The molecule has 6 nitrogen and oxygen atoms in total. The van der Waals surface area contributed by atoms with Crippen LogP contribution in [-0.2, 0) is 28.6 Å². The molecule has 0 aliphatic heterocycles. The first-order valence-corrected chi connectivity index (χ1v) is 34.8. The summed E-state index contributed by atoms with van der Waals surface area (Å²) in [6.07, 6.45) is 86.8. The van der Waals surface area contributed by atoms with Gasteiger partial charge < -0.3 is 14.2 Å². The summed E-state index contributed by atoms with van der Waals surface area (Å²) in [5, 5.41) is 0. The zero-order valence-electron chi connectivity index (χ0n) is 52.9. The van der Waals surface area contributed by atoms with Crippen LogP contribution in [0.25, 0.3) is 0 Å². The van der Waals surface area contributed by atoms with Crippen molar-refractivity contribution in [1.82, 2.24) is 0 Å². The smallest absolute Gasteiger partial charge is 0.306 e. The molecule has 460 valence electrons. The van der Waals surface area contributed by atoms with Crippen LogP contribution in [0.3, 0.4) is 0 Å². The molecule has 1 unspecified atom stereocenters. The van der Waals surface area contributed by atoms with Gasteiger partial charge in [0.15, 0.2) is 6.10 Å². The first-order chi connectivity index (χ1) is 39.0. The van der Waals surface area contributed by atoms with Crippen LogP contribution in [0.1, 0.15) is 367 Å². The predicted molar refractivity (Wildman–Crippen MR) is 344 cm³/mol. The molecule has 0 saturated carbocycles. The van der Waals surface area contributed by atoms with Crippen molar-refractivity contribution in [3.05, 3.63) is 60.8 Å². The maximum atomic E-state index is 12.9. The molecule has 0 aromatic heterocycles. The van der Waals surface area contributed by atoms with Crippen molar-refractivity contribution >= 4 is 17.9 Å². The second-order valence-electron chi connectivity index (χ2n) is 23.4. The molecule has 1 atom stereocenters. The van der Waals surface area contributed by atoms with Gasteiger partial charge in [-0.15, -0.1) is 0 Å². The second-order valence-corrected chi connectivity index (χ2v) is 23.4. The van der Waals surface area contributed by atoms with Crippen LogP contribution in [0.5, 0.6) is 0 Å². The lowest BCUT2D eigenvalue weighted by Gasteiger charge is -2.18. The van der Waals surface area contributed by atoms with Gasteiger partial charge in [-0.05, 0) is 103 Å². The van der Waals surface area contributed by atoms with Crippen molar-refractivity contribution in [2.45, 2.75) is 374 Å². The van der Waals surface area contributed by atoms with Gasteiger partial charge in [-0.25, -0.2) is 0 Å². The minimum absolute atomic E-state index is 0.0763. The van der Waals surface area contributed by atoms with Gasteiger partial charge in [0, 0.05) is 19.3 Å². The van der Waals surface area contributed by atoms with E-state index < -0.39 is 6.10 Å². The van der Waals surface area contributed by atoms with E-state index >= 15 is 0 Å². The number of rotatable bonds is 64. The number of hydrogen-bond acceptors (Lipinski definition) is 6. The Kier molecular flexibility index (Phi) is 65.1. The van der Waals surface area contributed by atoms with Gasteiger partial charge in [-0.2, -0.15) is 0 Å². The maximum Gasteiger partial charge on any atom is 0.306 e. The average Bonchev–Trinajstić information content (AvgIpc) is 3.45. The van der Waals surface area contributed by atoms with Crippen molar-refractivity contribution < 1.29 is 28.6 Å². The Hall–Kier alpha value is -2.89. The molecule has 0 spiro atoms. The average molecular weight is 1110 g/mol. The van der Waals surface area contributed by atoms with E-state index in [-0.39, 0.29) is 31.1 Å². The van der Waals surface area contributed by atoms with Crippen LogP contribution < -0.4 is 0 Å². The van der Waals surface area contributed by atoms with E-state index in [2.05, 4.69) is 81.5 Å². The fourth-order valence-corrected chi connectivity index (χ4v) is 10.2. The van der Waals surface area contributed by atoms with E-state index in [9.17, 15) is 14.4 Å². The minimum atomic E-state index is -0.781. The van der Waals surface area contributed by atoms with Gasteiger partial charge in [0.1, 0.15) is 13.2 Å². The van der Waals surface area contributed by atoms with Gasteiger partial charge in [-0.3, -0.25) is 14.4 Å². The Labute approximate surface area is 491 Å². The summed E-state index contributed by atoms with van der Waals surface area (Å²) in [5.74, 6) is -0.872. The summed E-state index contributed by atoms with van der Waals surface area (Å²) < 4.78 is 17.0. The number of esters is 3. The third kappa shape index (κ3) is 65.8. The summed E-state index contributed by atoms with van der Waals surface area (Å²) >= 11 is 0. The number of hydrogen-bond donors (Lipinski definition) is 0. The van der Waals surface area contributed by atoms with Gasteiger partial charge >= 0.3 is 17.9 Å². The molecule has 0 bridgehead atoms. The fraction of sp³-hybridized carbons (Fsp3) is 0.822. The second kappa shape index (κ2) is 67.6. The molecule has 0 aromatic rings. The standard InChI is InChI=1S/C73H132O6/c1-4-7-10-13-16-19-22-25-27-29-31-32-33-34-35-36-37-38-39-40-42-43-45-48-51-54-57-60-63-66-72(75)78-69-70(68-77-71(74)65-62-59-56-53-50-47-24-21-18-15-12-9-6-3)79-73(76)67-64-61-58-55-52-49-46-44-41-30-28-26-23-20-17-14-11-8-5-2/h12,15,21-22,24-26,28-29,31,70H,4-11,13-14,16-20,23,27,30,32-69H2,1-3H3/b15-12-,24-21-,25-22-,28-26-,31-29-. The van der Waals surface area contributed by atoms with Crippen molar-refractivity contribution in [2.75, 3.05) is 13.2 Å². The first kappa shape index (κ1) is 76.1. The Morgan fingerprint density at radius 2 is 0.481 bits per heavy atom. The largest absolute Gasteiger partial charge is 0.462 e. The third-order valence-corrected chi connectivity index (χ3v) is 15.4. The zero-order chi connectivity index (χ0) is 57.1. The topological polar surface area (TPSA) is 78.9 Å². The molecular formula is C73H132O6. The van der Waals surface area contributed by atoms with E-state index in [1.165, 1.54) is 238 Å². The van der Waals surface area contributed by atoms with Crippen LogP contribution in [-0.4, -0.2) is 37.2 Å². The fourth-order valence-electron chi connectivity index (χ4n) is 10.2.